The van der Waals surface area contributed by atoms with Gasteiger partial charge in [0.15, 0.2) is 0 Å². The second-order valence-corrected chi connectivity index (χ2v) is 4.92. The Labute approximate surface area is 121 Å². The average Bonchev–Trinajstić information content (AvgIpc) is 2.39. The van der Waals surface area contributed by atoms with Crippen LogP contribution in [0.25, 0.3) is 0 Å². The number of hydrogen-bond donors (Lipinski definition) is 1. The molecule has 2 nitrogen and oxygen atoms in total. The second kappa shape index (κ2) is 5.66. The van der Waals surface area contributed by atoms with Gasteiger partial charge in [-0.05, 0) is 42.5 Å². The van der Waals surface area contributed by atoms with Gasteiger partial charge in [-0.2, -0.15) is 13.2 Å². The number of alkyl halides is 3. The van der Waals surface area contributed by atoms with Gasteiger partial charge in [0.05, 0.1) is 11.3 Å². The van der Waals surface area contributed by atoms with Crippen LogP contribution in [-0.4, -0.2) is 11.3 Å². The molecule has 0 heterocycles. The van der Waals surface area contributed by atoms with E-state index in [0.717, 1.165) is 16.6 Å². The summed E-state index contributed by atoms with van der Waals surface area (Å²) in [6.07, 6.45) is -2.96. The molecule has 0 atom stereocenters. The summed E-state index contributed by atoms with van der Waals surface area (Å²) >= 11 is 3.26. The van der Waals surface area contributed by atoms with E-state index < -0.39 is 11.7 Å². The molecule has 0 aliphatic heterocycles. The van der Waals surface area contributed by atoms with Gasteiger partial charge in [0, 0.05) is 16.3 Å². The molecule has 20 heavy (non-hydrogen) atoms. The van der Waals surface area contributed by atoms with Crippen molar-refractivity contribution in [2.24, 2.45) is 4.99 Å². The molecule has 2 rings (SSSR count). The van der Waals surface area contributed by atoms with Crippen molar-refractivity contribution >= 4 is 27.8 Å². The number of halogens is 4. The van der Waals surface area contributed by atoms with Crippen LogP contribution in [0.5, 0.6) is 5.75 Å². The van der Waals surface area contributed by atoms with Crippen molar-refractivity contribution in [3.63, 3.8) is 0 Å². The summed E-state index contributed by atoms with van der Waals surface area (Å²) < 4.78 is 37.9. The zero-order valence-electron chi connectivity index (χ0n) is 10.0. The van der Waals surface area contributed by atoms with Crippen molar-refractivity contribution < 1.29 is 18.3 Å². The Bertz CT molecular complexity index is 636. The van der Waals surface area contributed by atoms with Crippen molar-refractivity contribution in [1.29, 1.82) is 0 Å². The lowest BCUT2D eigenvalue weighted by atomic mass is 10.2. The van der Waals surface area contributed by atoms with Crippen molar-refractivity contribution in [1.82, 2.24) is 0 Å². The average molecular weight is 344 g/mol. The van der Waals surface area contributed by atoms with E-state index in [4.69, 9.17) is 0 Å². The van der Waals surface area contributed by atoms with Gasteiger partial charge in [-0.15, -0.1) is 0 Å². The Hall–Kier alpha value is -1.82. The molecule has 6 heteroatoms. The third-order valence-corrected chi connectivity index (χ3v) is 3.03. The van der Waals surface area contributed by atoms with Gasteiger partial charge < -0.3 is 5.11 Å². The van der Waals surface area contributed by atoms with Crippen LogP contribution in [0.4, 0.5) is 18.9 Å². The van der Waals surface area contributed by atoms with Gasteiger partial charge in [0.1, 0.15) is 5.75 Å². The second-order valence-electron chi connectivity index (χ2n) is 4.01. The van der Waals surface area contributed by atoms with Crippen LogP contribution in [0.1, 0.15) is 11.1 Å². The molecule has 0 aliphatic carbocycles. The van der Waals surface area contributed by atoms with E-state index in [2.05, 4.69) is 20.9 Å². The smallest absolute Gasteiger partial charge is 0.416 e. The van der Waals surface area contributed by atoms with E-state index in [0.29, 0.717) is 11.3 Å². The first-order chi connectivity index (χ1) is 9.36. The molecule has 0 bridgehead atoms. The molecule has 0 amide bonds. The number of aliphatic imine (C=N–C) groups is 1. The van der Waals surface area contributed by atoms with Crippen molar-refractivity contribution in [3.8, 4) is 5.75 Å². The van der Waals surface area contributed by atoms with Crippen LogP contribution in [0.2, 0.25) is 0 Å². The molecule has 2 aromatic carbocycles. The minimum atomic E-state index is -4.36. The summed E-state index contributed by atoms with van der Waals surface area (Å²) in [5.74, 6) is 0.0452. The lowest BCUT2D eigenvalue weighted by Crippen LogP contribution is -2.03. The Morgan fingerprint density at radius 1 is 1.05 bits per heavy atom. The Morgan fingerprint density at radius 2 is 1.70 bits per heavy atom. The van der Waals surface area contributed by atoms with Gasteiger partial charge in [-0.1, -0.05) is 15.9 Å². The topological polar surface area (TPSA) is 32.6 Å². The van der Waals surface area contributed by atoms with Crippen LogP contribution in [0.3, 0.4) is 0 Å². The maximum absolute atomic E-state index is 12.4. The normalized spacial score (nSPS) is 12.0. The summed E-state index contributed by atoms with van der Waals surface area (Å²) in [5.41, 5.74) is 0.124. The fourth-order valence-corrected chi connectivity index (χ4v) is 1.89. The van der Waals surface area contributed by atoms with Crippen LogP contribution >= 0.6 is 15.9 Å². The summed E-state index contributed by atoms with van der Waals surface area (Å²) in [7, 11) is 0. The molecule has 2 aromatic rings. The van der Waals surface area contributed by atoms with Gasteiger partial charge in [0.25, 0.3) is 0 Å². The van der Waals surface area contributed by atoms with Gasteiger partial charge in [-0.3, -0.25) is 4.99 Å². The van der Waals surface area contributed by atoms with E-state index in [9.17, 15) is 18.3 Å². The summed E-state index contributed by atoms with van der Waals surface area (Å²) in [6, 6.07) is 9.30. The lowest BCUT2D eigenvalue weighted by Gasteiger charge is -2.05. The number of hydrogen-bond acceptors (Lipinski definition) is 2. The third kappa shape index (κ3) is 3.60. The molecule has 104 valence electrons. The molecule has 0 aromatic heterocycles. The highest BCUT2D eigenvalue weighted by molar-refractivity contribution is 9.10. The van der Waals surface area contributed by atoms with Crippen LogP contribution in [-0.2, 0) is 6.18 Å². The largest absolute Gasteiger partial charge is 0.507 e. The molecule has 1 N–H and O–H groups in total. The van der Waals surface area contributed by atoms with E-state index in [1.165, 1.54) is 24.4 Å². The molecule has 0 radical (unpaired) electrons. The third-order valence-electron chi connectivity index (χ3n) is 2.54. The minimum absolute atomic E-state index is 0.0452. The molecular formula is C14H9BrF3NO. The first kappa shape index (κ1) is 14.6. The van der Waals surface area contributed by atoms with Crippen molar-refractivity contribution in [2.45, 2.75) is 6.18 Å². The minimum Gasteiger partial charge on any atom is -0.507 e. The molecule has 0 saturated carbocycles. The number of rotatable bonds is 2. The molecular weight excluding hydrogens is 335 g/mol. The highest BCUT2D eigenvalue weighted by Gasteiger charge is 2.29. The first-order valence-corrected chi connectivity index (χ1v) is 6.35. The van der Waals surface area contributed by atoms with Gasteiger partial charge in [-0.25, -0.2) is 0 Å². The number of phenols is 1. The quantitative estimate of drug-likeness (QED) is 0.771. The summed E-state index contributed by atoms with van der Waals surface area (Å²) in [6.45, 7) is 0. The summed E-state index contributed by atoms with van der Waals surface area (Å²) in [5, 5.41) is 9.60. The number of phenolic OH excluding ortho intramolecular Hbond substituents is 1. The zero-order valence-corrected chi connectivity index (χ0v) is 11.6. The van der Waals surface area contributed by atoms with Crippen LogP contribution in [0.15, 0.2) is 51.9 Å². The van der Waals surface area contributed by atoms with Crippen molar-refractivity contribution in [3.05, 3.63) is 58.1 Å². The molecule has 0 aliphatic rings. The standard InChI is InChI=1S/C14H9BrF3NO/c15-11-3-6-13(20)9(7-11)8-19-12-4-1-10(2-5-12)14(16,17)18/h1-8,20H/b19-8+. The number of aromatic hydroxyl groups is 1. The Balaban J connectivity index is 2.21. The molecule has 0 fully saturated rings. The van der Waals surface area contributed by atoms with Crippen LogP contribution in [0, 0.1) is 0 Å². The predicted molar refractivity (Wildman–Crippen MR) is 74.5 cm³/mol. The maximum atomic E-state index is 12.4. The number of nitrogens with zero attached hydrogens (tertiary/aromatic N) is 1. The fraction of sp³-hybridized carbons (Fsp3) is 0.0714. The molecule has 0 unspecified atom stereocenters. The SMILES string of the molecule is Oc1ccc(Br)cc1/C=N/c1ccc(C(F)(F)F)cc1. The lowest BCUT2D eigenvalue weighted by molar-refractivity contribution is -0.137. The maximum Gasteiger partial charge on any atom is 0.416 e. The Kier molecular flexibility index (Phi) is 4.13. The molecule has 0 spiro atoms. The zero-order chi connectivity index (χ0) is 14.8. The van der Waals surface area contributed by atoms with Gasteiger partial charge >= 0.3 is 6.18 Å². The molecule has 0 saturated heterocycles. The van der Waals surface area contributed by atoms with Crippen LogP contribution < -0.4 is 0 Å². The Morgan fingerprint density at radius 3 is 2.30 bits per heavy atom. The summed E-state index contributed by atoms with van der Waals surface area (Å²) in [4.78, 5) is 4.03. The van der Waals surface area contributed by atoms with E-state index in [1.54, 1.807) is 12.1 Å². The highest BCUT2D eigenvalue weighted by atomic mass is 79.9. The van der Waals surface area contributed by atoms with Gasteiger partial charge in [0.2, 0.25) is 0 Å². The monoisotopic (exact) mass is 343 g/mol. The first-order valence-electron chi connectivity index (χ1n) is 5.56. The van der Waals surface area contributed by atoms with Crippen molar-refractivity contribution in [2.75, 3.05) is 0 Å². The number of benzene rings is 2. The van der Waals surface area contributed by atoms with E-state index >= 15 is 0 Å². The predicted octanol–water partition coefficient (Wildman–Crippen LogP) is 4.92. The van der Waals surface area contributed by atoms with E-state index in [-0.39, 0.29) is 5.75 Å². The van der Waals surface area contributed by atoms with E-state index in [1.807, 2.05) is 0 Å². The highest BCUT2D eigenvalue weighted by Crippen LogP contribution is 2.30. The fourth-order valence-electron chi connectivity index (χ4n) is 1.51.